The van der Waals surface area contributed by atoms with Gasteiger partial charge in [0, 0.05) is 12.3 Å². The number of carbonyl (C=O) groups excluding carboxylic acids is 2. The van der Waals surface area contributed by atoms with E-state index in [1.807, 2.05) is 36.4 Å². The van der Waals surface area contributed by atoms with Crippen molar-refractivity contribution in [3.63, 3.8) is 0 Å². The smallest absolute Gasteiger partial charge is 0.308 e. The van der Waals surface area contributed by atoms with Crippen LogP contribution in [0.2, 0.25) is 0 Å². The van der Waals surface area contributed by atoms with Crippen molar-refractivity contribution in [2.45, 2.75) is 51.9 Å². The first-order chi connectivity index (χ1) is 15.4. The Hall–Kier alpha value is -2.88. The van der Waals surface area contributed by atoms with E-state index in [9.17, 15) is 9.59 Å². The van der Waals surface area contributed by atoms with Crippen LogP contribution in [0.5, 0.6) is 11.5 Å². The number of benzene rings is 2. The molecule has 3 aliphatic rings. The fourth-order valence-corrected chi connectivity index (χ4v) is 6.49. The molecule has 2 saturated carbocycles. The second kappa shape index (κ2) is 7.91. The van der Waals surface area contributed by atoms with Gasteiger partial charge in [0.2, 0.25) is 0 Å². The molecule has 2 aromatic rings. The Morgan fingerprint density at radius 2 is 1.84 bits per heavy atom. The van der Waals surface area contributed by atoms with Gasteiger partial charge in [0.25, 0.3) is 0 Å². The molecule has 0 heterocycles. The van der Waals surface area contributed by atoms with Crippen LogP contribution in [0.25, 0.3) is 6.08 Å². The van der Waals surface area contributed by atoms with Crippen LogP contribution in [0, 0.1) is 17.3 Å². The van der Waals surface area contributed by atoms with Crippen LogP contribution in [-0.2, 0) is 16.0 Å². The van der Waals surface area contributed by atoms with Crippen molar-refractivity contribution in [1.82, 2.24) is 0 Å². The standard InChI is InChI=1S/C28H30O4/c1-17(29)32-22-9-11-23-19(15-22)6-10-25-24(23)12-13-28(2)26(25)16-20(27(28)30)14-18-4-7-21(31-3)8-5-18/h4-5,7-9,11,14-15,24-26H,6,10,12-13,16H2,1-3H3/b20-14+/t24-,25-,26-,28-/m1/s1. The Labute approximate surface area is 189 Å². The summed E-state index contributed by atoms with van der Waals surface area (Å²) in [5, 5.41) is 0. The number of hydrogen-bond donors (Lipinski definition) is 0. The highest BCUT2D eigenvalue weighted by Gasteiger charge is 2.56. The summed E-state index contributed by atoms with van der Waals surface area (Å²) in [5.74, 6) is 2.91. The molecule has 0 aliphatic heterocycles. The topological polar surface area (TPSA) is 52.6 Å². The third-order valence-electron chi connectivity index (χ3n) is 8.06. The van der Waals surface area contributed by atoms with E-state index in [1.54, 1.807) is 7.11 Å². The highest BCUT2D eigenvalue weighted by molar-refractivity contribution is 6.06. The maximum Gasteiger partial charge on any atom is 0.308 e. The summed E-state index contributed by atoms with van der Waals surface area (Å²) in [6.45, 7) is 3.63. The van der Waals surface area contributed by atoms with Crippen molar-refractivity contribution >= 4 is 17.8 Å². The van der Waals surface area contributed by atoms with Crippen LogP contribution in [0.15, 0.2) is 48.0 Å². The lowest BCUT2D eigenvalue weighted by atomic mass is 9.55. The second-order valence-electron chi connectivity index (χ2n) is 9.80. The van der Waals surface area contributed by atoms with Gasteiger partial charge in [0.05, 0.1) is 7.11 Å². The quantitative estimate of drug-likeness (QED) is 0.354. The zero-order valence-corrected chi connectivity index (χ0v) is 19.0. The first-order valence-electron chi connectivity index (χ1n) is 11.6. The van der Waals surface area contributed by atoms with Crippen molar-refractivity contribution in [2.75, 3.05) is 7.11 Å². The van der Waals surface area contributed by atoms with Crippen molar-refractivity contribution < 1.29 is 19.1 Å². The molecule has 4 atom stereocenters. The van der Waals surface area contributed by atoms with Crippen LogP contribution in [-0.4, -0.2) is 18.9 Å². The minimum absolute atomic E-state index is 0.255. The highest BCUT2D eigenvalue weighted by atomic mass is 16.5. The lowest BCUT2D eigenvalue weighted by Crippen LogP contribution is -2.42. The Morgan fingerprint density at radius 3 is 2.56 bits per heavy atom. The number of carbonyl (C=O) groups is 2. The van der Waals surface area contributed by atoms with Gasteiger partial charge in [-0.2, -0.15) is 0 Å². The SMILES string of the molecule is COc1ccc(/C=C2\C[C@@H]3[C@@H]4CCc5cc(OC(C)=O)ccc5[C@H]4CC[C@@]3(C)C2=O)cc1. The largest absolute Gasteiger partial charge is 0.497 e. The highest BCUT2D eigenvalue weighted by Crippen LogP contribution is 2.60. The lowest BCUT2D eigenvalue weighted by molar-refractivity contribution is -0.132. The van der Waals surface area contributed by atoms with E-state index in [1.165, 1.54) is 18.1 Å². The number of esters is 1. The van der Waals surface area contributed by atoms with Crippen molar-refractivity contribution in [1.29, 1.82) is 0 Å². The maximum absolute atomic E-state index is 13.5. The molecule has 2 aromatic carbocycles. The Balaban J connectivity index is 1.42. The van der Waals surface area contributed by atoms with Crippen LogP contribution in [0.4, 0.5) is 0 Å². The molecule has 0 unspecified atom stereocenters. The molecule has 0 radical (unpaired) electrons. The molecule has 0 saturated heterocycles. The van der Waals surface area contributed by atoms with E-state index < -0.39 is 0 Å². The average Bonchev–Trinajstić information content (AvgIpc) is 3.04. The van der Waals surface area contributed by atoms with Crippen molar-refractivity contribution in [2.24, 2.45) is 17.3 Å². The molecule has 0 spiro atoms. The van der Waals surface area contributed by atoms with Crippen LogP contribution >= 0.6 is 0 Å². The number of ketones is 1. The van der Waals surface area contributed by atoms with Gasteiger partial charge in [-0.05, 0) is 102 Å². The predicted molar refractivity (Wildman–Crippen MR) is 124 cm³/mol. The molecule has 3 aliphatic carbocycles. The molecular formula is C28H30O4. The summed E-state index contributed by atoms with van der Waals surface area (Å²) in [4.78, 5) is 24.8. The zero-order chi connectivity index (χ0) is 22.5. The van der Waals surface area contributed by atoms with E-state index in [0.717, 1.165) is 49.0 Å². The number of methoxy groups -OCH3 is 1. The van der Waals surface area contributed by atoms with E-state index in [0.29, 0.717) is 29.3 Å². The summed E-state index contributed by atoms with van der Waals surface area (Å²) in [7, 11) is 1.66. The fraction of sp³-hybridized carbons (Fsp3) is 0.429. The Morgan fingerprint density at radius 1 is 1.09 bits per heavy atom. The molecule has 32 heavy (non-hydrogen) atoms. The average molecular weight is 431 g/mol. The minimum Gasteiger partial charge on any atom is -0.497 e. The molecule has 0 N–H and O–H groups in total. The third-order valence-corrected chi connectivity index (χ3v) is 8.06. The molecular weight excluding hydrogens is 400 g/mol. The number of Topliss-reactive ketones (excluding diaryl/α,β-unsaturated/α-hetero) is 1. The number of fused-ring (bicyclic) bond motifs is 5. The summed E-state index contributed by atoms with van der Waals surface area (Å²) in [6.07, 6.45) is 6.99. The predicted octanol–water partition coefficient (Wildman–Crippen LogP) is 5.74. The Kier molecular flexibility index (Phi) is 5.19. The van der Waals surface area contributed by atoms with Crippen LogP contribution in [0.3, 0.4) is 0 Å². The van der Waals surface area contributed by atoms with E-state index in [4.69, 9.17) is 9.47 Å². The van der Waals surface area contributed by atoms with Crippen molar-refractivity contribution in [3.8, 4) is 11.5 Å². The molecule has 4 nitrogen and oxygen atoms in total. The molecule has 0 bridgehead atoms. The molecule has 4 heteroatoms. The van der Waals surface area contributed by atoms with Crippen molar-refractivity contribution in [3.05, 3.63) is 64.7 Å². The van der Waals surface area contributed by atoms with E-state index in [-0.39, 0.29) is 11.4 Å². The zero-order valence-electron chi connectivity index (χ0n) is 19.0. The monoisotopic (exact) mass is 430 g/mol. The van der Waals surface area contributed by atoms with Crippen LogP contribution in [0.1, 0.15) is 62.1 Å². The van der Waals surface area contributed by atoms with Gasteiger partial charge in [0.15, 0.2) is 5.78 Å². The molecule has 2 fully saturated rings. The first kappa shape index (κ1) is 21.0. The summed E-state index contributed by atoms with van der Waals surface area (Å²) >= 11 is 0. The Bertz CT molecular complexity index is 1100. The summed E-state index contributed by atoms with van der Waals surface area (Å²) in [5.41, 5.74) is 4.46. The van der Waals surface area contributed by atoms with Gasteiger partial charge in [-0.3, -0.25) is 9.59 Å². The number of hydrogen-bond acceptors (Lipinski definition) is 4. The minimum atomic E-state index is -0.285. The summed E-state index contributed by atoms with van der Waals surface area (Å²) < 4.78 is 10.6. The first-order valence-corrected chi connectivity index (χ1v) is 11.6. The second-order valence-corrected chi connectivity index (χ2v) is 9.80. The van der Waals surface area contributed by atoms with Gasteiger partial charge < -0.3 is 9.47 Å². The fourth-order valence-electron chi connectivity index (χ4n) is 6.49. The van der Waals surface area contributed by atoms with Gasteiger partial charge in [0.1, 0.15) is 11.5 Å². The van der Waals surface area contributed by atoms with Gasteiger partial charge >= 0.3 is 5.97 Å². The van der Waals surface area contributed by atoms with E-state index in [2.05, 4.69) is 19.1 Å². The third kappa shape index (κ3) is 3.46. The molecule has 166 valence electrons. The van der Waals surface area contributed by atoms with Gasteiger partial charge in [-0.15, -0.1) is 0 Å². The van der Waals surface area contributed by atoms with Gasteiger partial charge in [-0.1, -0.05) is 25.1 Å². The summed E-state index contributed by atoms with van der Waals surface area (Å²) in [6, 6.07) is 14.0. The molecule has 0 aromatic heterocycles. The lowest BCUT2D eigenvalue weighted by Gasteiger charge is -2.48. The van der Waals surface area contributed by atoms with E-state index >= 15 is 0 Å². The number of aryl methyl sites for hydroxylation is 1. The van der Waals surface area contributed by atoms with Crippen LogP contribution < -0.4 is 9.47 Å². The number of allylic oxidation sites excluding steroid dienone is 1. The maximum atomic E-state index is 13.5. The molecule has 5 rings (SSSR count). The normalized spacial score (nSPS) is 29.8. The molecule has 0 amide bonds. The number of rotatable bonds is 3. The number of ether oxygens (including phenoxy) is 2. The van der Waals surface area contributed by atoms with Gasteiger partial charge in [-0.25, -0.2) is 0 Å².